The van der Waals surface area contributed by atoms with Crippen molar-refractivity contribution in [1.29, 1.82) is 0 Å². The molecule has 1 N–H and O–H groups in total. The van der Waals surface area contributed by atoms with Crippen molar-refractivity contribution in [1.82, 2.24) is 4.98 Å². The Bertz CT molecular complexity index is 916. The monoisotopic (exact) mass is 399 g/mol. The summed E-state index contributed by atoms with van der Waals surface area (Å²) >= 11 is 0. The van der Waals surface area contributed by atoms with Gasteiger partial charge in [-0.3, -0.25) is 9.59 Å². The number of aromatic nitrogens is 1. The molecule has 2 rings (SSSR count). The van der Waals surface area contributed by atoms with Crippen LogP contribution in [0.4, 0.5) is 0 Å². The van der Waals surface area contributed by atoms with E-state index in [0.717, 1.165) is 5.56 Å². The first-order valence-corrected chi connectivity index (χ1v) is 9.59. The first kappa shape index (κ1) is 22.4. The van der Waals surface area contributed by atoms with Gasteiger partial charge in [0, 0.05) is 11.3 Å². The number of carbonyl (C=O) groups excluding carboxylic acids is 3. The number of aryl methyl sites for hydroxylation is 1. The molecule has 1 atom stereocenters. The minimum atomic E-state index is -0.995. The molecular weight excluding hydrogens is 370 g/mol. The Morgan fingerprint density at radius 3 is 2.14 bits per heavy atom. The Hall–Kier alpha value is -2.89. The lowest BCUT2D eigenvalue weighted by atomic mass is 9.87. The van der Waals surface area contributed by atoms with Gasteiger partial charge in [-0.1, -0.05) is 32.9 Å². The standard InChI is InChI=1S/C23H29NO5/c1-13-20(15(3)25)14(2)24-21(13)22(27)16(4)29-19(26)12-28-18-10-8-17(9-11-18)23(5,6)7/h8-11,16,24H,12H2,1-7H3/t16-/m0/s1. The Kier molecular flexibility index (Phi) is 6.67. The summed E-state index contributed by atoms with van der Waals surface area (Å²) in [5.41, 5.74) is 3.16. The number of H-pyrrole nitrogens is 1. The summed E-state index contributed by atoms with van der Waals surface area (Å²) in [6.07, 6.45) is -0.995. The second-order valence-electron chi connectivity index (χ2n) is 8.24. The van der Waals surface area contributed by atoms with Crippen LogP contribution in [0.5, 0.6) is 5.75 Å². The van der Waals surface area contributed by atoms with E-state index in [1.807, 2.05) is 12.1 Å². The summed E-state index contributed by atoms with van der Waals surface area (Å²) in [5.74, 6) is -0.596. The zero-order chi connectivity index (χ0) is 21.9. The molecule has 0 saturated carbocycles. The van der Waals surface area contributed by atoms with Crippen molar-refractivity contribution in [2.75, 3.05) is 6.61 Å². The highest BCUT2D eigenvalue weighted by atomic mass is 16.6. The molecule has 1 heterocycles. The number of carbonyl (C=O) groups is 3. The van der Waals surface area contributed by atoms with Crippen LogP contribution in [0.3, 0.4) is 0 Å². The predicted octanol–water partition coefficient (Wildman–Crippen LogP) is 4.33. The first-order valence-electron chi connectivity index (χ1n) is 9.59. The van der Waals surface area contributed by atoms with Crippen LogP contribution >= 0.6 is 0 Å². The van der Waals surface area contributed by atoms with Crippen molar-refractivity contribution >= 4 is 17.5 Å². The van der Waals surface area contributed by atoms with E-state index in [1.165, 1.54) is 13.8 Å². The summed E-state index contributed by atoms with van der Waals surface area (Å²) in [5, 5.41) is 0. The molecule has 2 aromatic rings. The molecule has 0 bridgehead atoms. The van der Waals surface area contributed by atoms with Crippen molar-refractivity contribution in [3.05, 3.63) is 52.3 Å². The minimum Gasteiger partial charge on any atom is -0.482 e. The molecule has 0 aliphatic heterocycles. The van der Waals surface area contributed by atoms with E-state index >= 15 is 0 Å². The molecule has 29 heavy (non-hydrogen) atoms. The van der Waals surface area contributed by atoms with Gasteiger partial charge in [-0.25, -0.2) is 4.79 Å². The van der Waals surface area contributed by atoms with E-state index in [9.17, 15) is 14.4 Å². The van der Waals surface area contributed by atoms with Crippen LogP contribution in [0.1, 0.15) is 72.3 Å². The highest BCUT2D eigenvalue weighted by Crippen LogP contribution is 2.24. The molecule has 6 nitrogen and oxygen atoms in total. The fourth-order valence-corrected chi connectivity index (χ4v) is 3.21. The van der Waals surface area contributed by atoms with Crippen molar-refractivity contribution < 1.29 is 23.9 Å². The molecule has 1 aromatic heterocycles. The second-order valence-corrected chi connectivity index (χ2v) is 8.24. The van der Waals surface area contributed by atoms with Crippen LogP contribution in [0.25, 0.3) is 0 Å². The molecule has 0 saturated heterocycles. The predicted molar refractivity (Wildman–Crippen MR) is 111 cm³/mol. The van der Waals surface area contributed by atoms with Crippen LogP contribution in [0.15, 0.2) is 24.3 Å². The van der Waals surface area contributed by atoms with E-state index in [2.05, 4.69) is 25.8 Å². The average Bonchev–Trinajstić information content (AvgIpc) is 2.93. The van der Waals surface area contributed by atoms with Crippen LogP contribution in [-0.2, 0) is 14.9 Å². The topological polar surface area (TPSA) is 85.5 Å². The number of benzene rings is 1. The van der Waals surface area contributed by atoms with Crippen LogP contribution < -0.4 is 4.74 Å². The van der Waals surface area contributed by atoms with E-state index in [1.54, 1.807) is 26.0 Å². The second kappa shape index (κ2) is 8.64. The van der Waals surface area contributed by atoms with Gasteiger partial charge in [0.2, 0.25) is 5.78 Å². The molecule has 156 valence electrons. The summed E-state index contributed by atoms with van der Waals surface area (Å²) in [7, 11) is 0. The van der Waals surface area contributed by atoms with Gasteiger partial charge in [-0.2, -0.15) is 0 Å². The molecule has 6 heteroatoms. The number of ether oxygens (including phenoxy) is 2. The molecule has 0 aliphatic rings. The third-order valence-corrected chi connectivity index (χ3v) is 4.79. The van der Waals surface area contributed by atoms with Crippen molar-refractivity contribution in [3.8, 4) is 5.75 Å². The first-order chi connectivity index (χ1) is 13.4. The minimum absolute atomic E-state index is 0.0316. The molecule has 0 spiro atoms. The van der Waals surface area contributed by atoms with Crippen molar-refractivity contribution in [3.63, 3.8) is 0 Å². The lowest BCUT2D eigenvalue weighted by Gasteiger charge is -2.19. The number of ketones is 2. The summed E-state index contributed by atoms with van der Waals surface area (Å²) in [6, 6.07) is 7.51. The number of hydrogen-bond donors (Lipinski definition) is 1. The molecule has 0 aliphatic carbocycles. The van der Waals surface area contributed by atoms with E-state index in [0.29, 0.717) is 22.6 Å². The fraction of sp³-hybridized carbons (Fsp3) is 0.435. The Labute approximate surface area is 171 Å². The number of rotatable bonds is 7. The third kappa shape index (κ3) is 5.34. The third-order valence-electron chi connectivity index (χ3n) is 4.79. The highest BCUT2D eigenvalue weighted by molar-refractivity contribution is 6.05. The molecule has 1 aromatic carbocycles. The van der Waals surface area contributed by atoms with E-state index in [4.69, 9.17) is 9.47 Å². The van der Waals surface area contributed by atoms with Crippen LogP contribution in [0.2, 0.25) is 0 Å². The summed E-state index contributed by atoms with van der Waals surface area (Å²) in [4.78, 5) is 39.4. The zero-order valence-corrected chi connectivity index (χ0v) is 18.1. The maximum Gasteiger partial charge on any atom is 0.344 e. The van der Waals surface area contributed by atoms with E-state index in [-0.39, 0.29) is 29.3 Å². The maximum atomic E-state index is 12.6. The number of aromatic amines is 1. The molecular formula is C23H29NO5. The van der Waals surface area contributed by atoms with Gasteiger partial charge in [0.05, 0.1) is 5.69 Å². The van der Waals surface area contributed by atoms with Gasteiger partial charge in [0.1, 0.15) is 5.75 Å². The average molecular weight is 399 g/mol. The molecule has 0 fully saturated rings. The number of esters is 1. The Morgan fingerprint density at radius 1 is 1.07 bits per heavy atom. The number of hydrogen-bond acceptors (Lipinski definition) is 5. The fourth-order valence-electron chi connectivity index (χ4n) is 3.21. The van der Waals surface area contributed by atoms with Crippen LogP contribution in [-0.4, -0.2) is 35.2 Å². The number of Topliss-reactive ketones (excluding diaryl/α,β-unsaturated/α-hetero) is 2. The molecule has 0 unspecified atom stereocenters. The smallest absolute Gasteiger partial charge is 0.344 e. The van der Waals surface area contributed by atoms with Crippen molar-refractivity contribution in [2.24, 2.45) is 0 Å². The Balaban J connectivity index is 1.96. The molecule has 0 amide bonds. The lowest BCUT2D eigenvalue weighted by molar-refractivity contribution is -0.148. The quantitative estimate of drug-likeness (QED) is 0.553. The highest BCUT2D eigenvalue weighted by Gasteiger charge is 2.26. The largest absolute Gasteiger partial charge is 0.482 e. The van der Waals surface area contributed by atoms with Gasteiger partial charge >= 0.3 is 5.97 Å². The summed E-state index contributed by atoms with van der Waals surface area (Å²) in [6.45, 7) is 12.4. The molecule has 0 radical (unpaired) electrons. The van der Waals surface area contributed by atoms with Crippen molar-refractivity contribution in [2.45, 2.75) is 60.0 Å². The normalized spacial score (nSPS) is 12.4. The Morgan fingerprint density at radius 2 is 1.66 bits per heavy atom. The maximum absolute atomic E-state index is 12.6. The van der Waals surface area contributed by atoms with E-state index < -0.39 is 12.1 Å². The number of nitrogens with one attached hydrogen (secondary N) is 1. The zero-order valence-electron chi connectivity index (χ0n) is 18.1. The summed E-state index contributed by atoms with van der Waals surface area (Å²) < 4.78 is 10.7. The van der Waals surface area contributed by atoms with Crippen LogP contribution in [0, 0.1) is 13.8 Å². The van der Waals surface area contributed by atoms with Gasteiger partial charge in [-0.15, -0.1) is 0 Å². The lowest BCUT2D eigenvalue weighted by Crippen LogP contribution is -2.28. The SMILES string of the molecule is CC(=O)c1c(C)[nH]c(C(=O)[C@H](C)OC(=O)COc2ccc(C(C)(C)C)cc2)c1C. The van der Waals surface area contributed by atoms with Gasteiger partial charge in [-0.05, 0) is 56.4 Å². The van der Waals surface area contributed by atoms with Gasteiger partial charge in [0.15, 0.2) is 18.5 Å². The van der Waals surface area contributed by atoms with Gasteiger partial charge < -0.3 is 14.5 Å². The van der Waals surface area contributed by atoms with Gasteiger partial charge in [0.25, 0.3) is 0 Å².